The molecule has 0 unspecified atom stereocenters. The Bertz CT molecular complexity index is 565. The first-order valence-electron chi connectivity index (χ1n) is 9.99. The second kappa shape index (κ2) is 11.1. The molecule has 1 aliphatic rings. The number of rotatable bonds is 8. The molecule has 1 saturated heterocycles. The molecule has 0 spiro atoms. The number of nitrogens with zero attached hydrogens (tertiary/aromatic N) is 2. The number of ether oxygens (including phenoxy) is 1. The molecular formula is C21H36N4O. The lowest BCUT2D eigenvalue weighted by molar-refractivity contribution is 0.203. The lowest BCUT2D eigenvalue weighted by atomic mass is 10.0. The Morgan fingerprint density at radius 1 is 1.31 bits per heavy atom. The van der Waals surface area contributed by atoms with Gasteiger partial charge in [-0.05, 0) is 56.3 Å². The maximum atomic E-state index is 5.41. The van der Waals surface area contributed by atoms with Gasteiger partial charge in [0.05, 0.1) is 7.11 Å². The average molecular weight is 361 g/mol. The lowest BCUT2D eigenvalue weighted by Gasteiger charge is -2.33. The van der Waals surface area contributed by atoms with Crippen molar-refractivity contribution in [3.63, 3.8) is 0 Å². The monoisotopic (exact) mass is 360 g/mol. The van der Waals surface area contributed by atoms with E-state index >= 15 is 0 Å². The van der Waals surface area contributed by atoms with Crippen molar-refractivity contribution < 1.29 is 4.74 Å². The predicted octanol–water partition coefficient (Wildman–Crippen LogP) is 2.98. The van der Waals surface area contributed by atoms with Gasteiger partial charge in [-0.2, -0.15) is 0 Å². The van der Waals surface area contributed by atoms with E-state index in [-0.39, 0.29) is 0 Å². The molecule has 5 heteroatoms. The summed E-state index contributed by atoms with van der Waals surface area (Å²) in [6, 6.07) is 6.94. The summed E-state index contributed by atoms with van der Waals surface area (Å²) >= 11 is 0. The summed E-state index contributed by atoms with van der Waals surface area (Å²) < 4.78 is 5.41. The van der Waals surface area contributed by atoms with Crippen LogP contribution in [0, 0.1) is 6.92 Å². The number of aryl methyl sites for hydroxylation is 1. The molecule has 0 radical (unpaired) electrons. The summed E-state index contributed by atoms with van der Waals surface area (Å²) in [5, 5.41) is 7.03. The molecule has 1 heterocycles. The molecule has 0 aliphatic carbocycles. The number of aliphatic imine (C=N–C) groups is 1. The zero-order chi connectivity index (χ0) is 18.8. The Hall–Kier alpha value is -1.75. The van der Waals surface area contributed by atoms with Gasteiger partial charge in [-0.15, -0.1) is 0 Å². The van der Waals surface area contributed by atoms with Gasteiger partial charge < -0.3 is 20.3 Å². The third-order valence-corrected chi connectivity index (χ3v) is 5.16. The number of methoxy groups -OCH3 is 1. The SMILES string of the molecule is CCCCN1CCC(NC(=NC)NCCc2ccc(C)c(OC)c2)CC1. The Morgan fingerprint density at radius 2 is 2.08 bits per heavy atom. The van der Waals surface area contributed by atoms with Crippen molar-refractivity contribution >= 4 is 5.96 Å². The van der Waals surface area contributed by atoms with Gasteiger partial charge in [-0.1, -0.05) is 25.5 Å². The standard InChI is InChI=1S/C21H36N4O/c1-5-6-13-25-14-10-19(11-15-25)24-21(22-3)23-12-9-18-8-7-17(2)20(16-18)26-4/h7-8,16,19H,5-6,9-15H2,1-4H3,(H2,22,23,24). The molecule has 26 heavy (non-hydrogen) atoms. The van der Waals surface area contributed by atoms with Gasteiger partial charge in [-0.25, -0.2) is 0 Å². The Morgan fingerprint density at radius 3 is 2.73 bits per heavy atom. The van der Waals surface area contributed by atoms with Crippen LogP contribution >= 0.6 is 0 Å². The summed E-state index contributed by atoms with van der Waals surface area (Å²) in [7, 11) is 3.57. The number of unbranched alkanes of at least 4 members (excludes halogenated alkanes) is 1. The second-order valence-electron chi connectivity index (χ2n) is 7.17. The van der Waals surface area contributed by atoms with Gasteiger partial charge in [0.1, 0.15) is 5.75 Å². The zero-order valence-electron chi connectivity index (χ0n) is 17.0. The number of nitrogens with one attached hydrogen (secondary N) is 2. The van der Waals surface area contributed by atoms with Crippen LogP contribution in [0.4, 0.5) is 0 Å². The van der Waals surface area contributed by atoms with E-state index in [1.54, 1.807) is 7.11 Å². The van der Waals surface area contributed by atoms with Crippen LogP contribution in [0.1, 0.15) is 43.7 Å². The summed E-state index contributed by atoms with van der Waals surface area (Å²) in [6.07, 6.45) is 5.93. The number of hydrogen-bond donors (Lipinski definition) is 2. The molecule has 0 bridgehead atoms. The van der Waals surface area contributed by atoms with Gasteiger partial charge in [0, 0.05) is 32.7 Å². The van der Waals surface area contributed by atoms with Crippen LogP contribution in [-0.2, 0) is 6.42 Å². The van der Waals surface area contributed by atoms with Crippen LogP contribution < -0.4 is 15.4 Å². The second-order valence-corrected chi connectivity index (χ2v) is 7.17. The quantitative estimate of drug-likeness (QED) is 0.553. The molecule has 0 amide bonds. The Labute approximate surface area is 159 Å². The van der Waals surface area contributed by atoms with Gasteiger partial charge >= 0.3 is 0 Å². The van der Waals surface area contributed by atoms with E-state index in [0.29, 0.717) is 6.04 Å². The maximum absolute atomic E-state index is 5.41. The van der Waals surface area contributed by atoms with E-state index in [9.17, 15) is 0 Å². The minimum atomic E-state index is 0.526. The number of likely N-dealkylation sites (tertiary alicyclic amines) is 1. The number of hydrogen-bond acceptors (Lipinski definition) is 3. The van der Waals surface area contributed by atoms with Crippen LogP contribution in [0.15, 0.2) is 23.2 Å². The lowest BCUT2D eigenvalue weighted by Crippen LogP contribution is -2.49. The average Bonchev–Trinajstić information content (AvgIpc) is 2.67. The molecule has 5 nitrogen and oxygen atoms in total. The zero-order valence-corrected chi connectivity index (χ0v) is 17.0. The van der Waals surface area contributed by atoms with Crippen molar-refractivity contribution in [1.82, 2.24) is 15.5 Å². The highest BCUT2D eigenvalue weighted by Gasteiger charge is 2.19. The Kier molecular flexibility index (Phi) is 8.75. The molecule has 1 aromatic rings. The molecule has 2 rings (SSSR count). The molecule has 1 aliphatic heterocycles. The van der Waals surface area contributed by atoms with E-state index in [4.69, 9.17) is 4.74 Å². The summed E-state index contributed by atoms with van der Waals surface area (Å²) in [4.78, 5) is 6.97. The van der Waals surface area contributed by atoms with E-state index < -0.39 is 0 Å². The first-order chi connectivity index (χ1) is 12.7. The molecule has 1 fully saturated rings. The predicted molar refractivity (Wildman–Crippen MR) is 110 cm³/mol. The number of benzene rings is 1. The fourth-order valence-corrected chi connectivity index (χ4v) is 3.42. The molecule has 0 aromatic heterocycles. The first kappa shape index (κ1) is 20.6. The third-order valence-electron chi connectivity index (χ3n) is 5.16. The smallest absolute Gasteiger partial charge is 0.191 e. The van der Waals surface area contributed by atoms with Crippen molar-refractivity contribution in [2.45, 2.75) is 52.0 Å². The first-order valence-corrected chi connectivity index (χ1v) is 9.99. The summed E-state index contributed by atoms with van der Waals surface area (Å²) in [6.45, 7) is 8.82. The van der Waals surface area contributed by atoms with Crippen molar-refractivity contribution in [3.05, 3.63) is 29.3 Å². The number of piperidine rings is 1. The number of guanidine groups is 1. The van der Waals surface area contributed by atoms with Crippen molar-refractivity contribution in [2.24, 2.45) is 4.99 Å². The highest BCUT2D eigenvalue weighted by Crippen LogP contribution is 2.19. The fraction of sp³-hybridized carbons (Fsp3) is 0.667. The topological polar surface area (TPSA) is 48.9 Å². The molecule has 2 N–H and O–H groups in total. The maximum Gasteiger partial charge on any atom is 0.191 e. The van der Waals surface area contributed by atoms with E-state index in [2.05, 4.69) is 52.6 Å². The van der Waals surface area contributed by atoms with E-state index in [0.717, 1.165) is 24.7 Å². The Balaban J connectivity index is 1.71. The van der Waals surface area contributed by atoms with Gasteiger partial charge in [0.2, 0.25) is 0 Å². The van der Waals surface area contributed by atoms with Crippen LogP contribution in [0.2, 0.25) is 0 Å². The minimum absolute atomic E-state index is 0.526. The fourth-order valence-electron chi connectivity index (χ4n) is 3.42. The van der Waals surface area contributed by atoms with Crippen LogP contribution in [0.3, 0.4) is 0 Å². The van der Waals surface area contributed by atoms with Gasteiger partial charge in [0.25, 0.3) is 0 Å². The van der Waals surface area contributed by atoms with Crippen LogP contribution in [0.25, 0.3) is 0 Å². The third kappa shape index (κ3) is 6.52. The van der Waals surface area contributed by atoms with Gasteiger partial charge in [-0.3, -0.25) is 4.99 Å². The highest BCUT2D eigenvalue weighted by atomic mass is 16.5. The van der Waals surface area contributed by atoms with E-state index in [1.807, 2.05) is 7.05 Å². The molecule has 146 valence electrons. The molecule has 0 atom stereocenters. The van der Waals surface area contributed by atoms with Crippen LogP contribution in [0.5, 0.6) is 5.75 Å². The van der Waals surface area contributed by atoms with Crippen LogP contribution in [-0.4, -0.2) is 57.2 Å². The summed E-state index contributed by atoms with van der Waals surface area (Å²) in [5.74, 6) is 1.87. The van der Waals surface area contributed by atoms with Gasteiger partial charge in [0.15, 0.2) is 5.96 Å². The normalized spacial score (nSPS) is 16.5. The minimum Gasteiger partial charge on any atom is -0.496 e. The van der Waals surface area contributed by atoms with E-state index in [1.165, 1.54) is 56.4 Å². The van der Waals surface area contributed by atoms with Crippen molar-refractivity contribution in [2.75, 3.05) is 40.3 Å². The summed E-state index contributed by atoms with van der Waals surface area (Å²) in [5.41, 5.74) is 2.45. The highest BCUT2D eigenvalue weighted by molar-refractivity contribution is 5.79. The largest absolute Gasteiger partial charge is 0.496 e. The molecule has 0 saturated carbocycles. The molecule has 1 aromatic carbocycles. The molecular weight excluding hydrogens is 324 g/mol. The van der Waals surface area contributed by atoms with Crippen molar-refractivity contribution in [1.29, 1.82) is 0 Å². The van der Waals surface area contributed by atoms with Crippen molar-refractivity contribution in [3.8, 4) is 5.75 Å².